The smallest absolute Gasteiger partial charge is 0.243 e. The molecule has 2 amide bonds. The second-order valence-electron chi connectivity index (χ2n) is 10.1. The van der Waals surface area contributed by atoms with Crippen molar-refractivity contribution in [3.05, 3.63) is 107 Å². The highest BCUT2D eigenvalue weighted by atomic mass is 16.2. The lowest BCUT2D eigenvalue weighted by atomic mass is 10.00. The molecule has 0 unspecified atom stereocenters. The average molecular weight is 483 g/mol. The molecule has 3 aromatic rings. The molecular weight excluding hydrogens is 444 g/mol. The van der Waals surface area contributed by atoms with Gasteiger partial charge in [0.25, 0.3) is 0 Å². The van der Waals surface area contributed by atoms with E-state index in [1.165, 1.54) is 5.56 Å². The van der Waals surface area contributed by atoms with Crippen LogP contribution < -0.4 is 5.32 Å². The third-order valence-corrected chi connectivity index (χ3v) is 7.32. The summed E-state index contributed by atoms with van der Waals surface area (Å²) in [4.78, 5) is 29.4. The number of nitrogens with zero attached hydrogens (tertiary/aromatic N) is 1. The van der Waals surface area contributed by atoms with Gasteiger partial charge in [0.05, 0.1) is 0 Å². The van der Waals surface area contributed by atoms with Crippen LogP contribution in [0.3, 0.4) is 0 Å². The molecule has 4 rings (SSSR count). The summed E-state index contributed by atoms with van der Waals surface area (Å²) in [6.45, 7) is 4.56. The van der Waals surface area contributed by atoms with Gasteiger partial charge in [-0.15, -0.1) is 0 Å². The Morgan fingerprint density at radius 3 is 2.22 bits per heavy atom. The molecule has 0 spiro atoms. The highest BCUT2D eigenvalue weighted by Crippen LogP contribution is 2.21. The van der Waals surface area contributed by atoms with Crippen molar-refractivity contribution < 1.29 is 9.59 Å². The topological polar surface area (TPSA) is 49.4 Å². The predicted octanol–water partition coefficient (Wildman–Crippen LogP) is 5.93. The summed E-state index contributed by atoms with van der Waals surface area (Å²) in [6, 6.07) is 26.2. The third-order valence-electron chi connectivity index (χ3n) is 7.32. The molecule has 4 heteroatoms. The summed E-state index contributed by atoms with van der Waals surface area (Å²) in [7, 11) is 0. The fourth-order valence-electron chi connectivity index (χ4n) is 5.04. The zero-order chi connectivity index (χ0) is 25.3. The van der Waals surface area contributed by atoms with Crippen LogP contribution in [0.2, 0.25) is 0 Å². The SMILES string of the molecule is Cc1ccc(CCC(=O)N(Cc2ccccc2C)[C@H](Cc2ccccc2)C(=O)NC2CCCC2)cc1. The van der Waals surface area contributed by atoms with Gasteiger partial charge in [-0.3, -0.25) is 9.59 Å². The largest absolute Gasteiger partial charge is 0.352 e. The molecule has 188 valence electrons. The Morgan fingerprint density at radius 1 is 0.861 bits per heavy atom. The average Bonchev–Trinajstić information content (AvgIpc) is 3.40. The van der Waals surface area contributed by atoms with Crippen molar-refractivity contribution in [1.82, 2.24) is 10.2 Å². The van der Waals surface area contributed by atoms with E-state index in [2.05, 4.69) is 55.6 Å². The van der Waals surface area contributed by atoms with Gasteiger partial charge in [-0.2, -0.15) is 0 Å². The minimum atomic E-state index is -0.557. The highest BCUT2D eigenvalue weighted by molar-refractivity contribution is 5.88. The van der Waals surface area contributed by atoms with E-state index < -0.39 is 6.04 Å². The van der Waals surface area contributed by atoms with E-state index in [9.17, 15) is 9.59 Å². The fourth-order valence-corrected chi connectivity index (χ4v) is 5.04. The number of benzene rings is 3. The summed E-state index contributed by atoms with van der Waals surface area (Å²) in [5.74, 6) is -0.0237. The molecule has 0 bridgehead atoms. The maximum absolute atomic E-state index is 13.8. The molecule has 4 nitrogen and oxygen atoms in total. The lowest BCUT2D eigenvalue weighted by Crippen LogP contribution is -2.52. The Labute approximate surface area is 215 Å². The van der Waals surface area contributed by atoms with Gasteiger partial charge in [-0.25, -0.2) is 0 Å². The van der Waals surface area contributed by atoms with Gasteiger partial charge in [-0.05, 0) is 55.4 Å². The van der Waals surface area contributed by atoms with E-state index in [0.29, 0.717) is 25.8 Å². The molecule has 1 fully saturated rings. The molecule has 36 heavy (non-hydrogen) atoms. The second kappa shape index (κ2) is 12.5. The molecule has 0 radical (unpaired) electrons. The number of amides is 2. The lowest BCUT2D eigenvalue weighted by Gasteiger charge is -2.33. The molecule has 1 aliphatic rings. The number of carbonyl (C=O) groups is 2. The first-order valence-electron chi connectivity index (χ1n) is 13.2. The summed E-state index contributed by atoms with van der Waals surface area (Å²) in [5.41, 5.74) is 5.61. The van der Waals surface area contributed by atoms with Gasteiger partial charge in [-0.1, -0.05) is 97.3 Å². The summed E-state index contributed by atoms with van der Waals surface area (Å²) >= 11 is 0. The van der Waals surface area contributed by atoms with E-state index in [0.717, 1.165) is 47.9 Å². The number of nitrogens with one attached hydrogen (secondary N) is 1. The Bertz CT molecular complexity index is 1130. The van der Waals surface area contributed by atoms with Crippen LogP contribution in [0.25, 0.3) is 0 Å². The van der Waals surface area contributed by atoms with E-state index in [4.69, 9.17) is 0 Å². The number of rotatable bonds is 10. The summed E-state index contributed by atoms with van der Waals surface area (Å²) in [5, 5.41) is 3.28. The van der Waals surface area contributed by atoms with Crippen molar-refractivity contribution >= 4 is 11.8 Å². The van der Waals surface area contributed by atoms with Crippen LogP contribution in [-0.4, -0.2) is 28.8 Å². The molecule has 1 atom stereocenters. The minimum absolute atomic E-state index is 0.0151. The monoisotopic (exact) mass is 482 g/mol. The fraction of sp³-hybridized carbons (Fsp3) is 0.375. The van der Waals surface area contributed by atoms with Crippen LogP contribution in [0.5, 0.6) is 0 Å². The normalized spacial score (nSPS) is 14.4. The van der Waals surface area contributed by atoms with Crippen LogP contribution in [-0.2, 0) is 29.0 Å². The maximum Gasteiger partial charge on any atom is 0.243 e. The van der Waals surface area contributed by atoms with Crippen molar-refractivity contribution in [2.24, 2.45) is 0 Å². The van der Waals surface area contributed by atoms with Crippen molar-refractivity contribution in [1.29, 1.82) is 0 Å². The highest BCUT2D eigenvalue weighted by Gasteiger charge is 2.32. The van der Waals surface area contributed by atoms with Gasteiger partial charge in [0.2, 0.25) is 11.8 Å². The predicted molar refractivity (Wildman–Crippen MR) is 146 cm³/mol. The van der Waals surface area contributed by atoms with Crippen LogP contribution in [0, 0.1) is 13.8 Å². The third kappa shape index (κ3) is 7.07. The molecular formula is C32H38N2O2. The maximum atomic E-state index is 13.8. The van der Waals surface area contributed by atoms with Crippen molar-refractivity contribution in [3.63, 3.8) is 0 Å². The van der Waals surface area contributed by atoms with E-state index in [1.807, 2.05) is 47.4 Å². The molecule has 1 saturated carbocycles. The van der Waals surface area contributed by atoms with Gasteiger partial charge in [0, 0.05) is 25.4 Å². The molecule has 3 aromatic carbocycles. The zero-order valence-electron chi connectivity index (χ0n) is 21.6. The molecule has 0 heterocycles. The molecule has 0 aromatic heterocycles. The number of hydrogen-bond acceptors (Lipinski definition) is 2. The van der Waals surface area contributed by atoms with E-state index >= 15 is 0 Å². The van der Waals surface area contributed by atoms with Crippen LogP contribution in [0.15, 0.2) is 78.9 Å². The Hall–Kier alpha value is -3.40. The van der Waals surface area contributed by atoms with E-state index in [1.54, 1.807) is 0 Å². The number of hydrogen-bond donors (Lipinski definition) is 1. The van der Waals surface area contributed by atoms with Crippen LogP contribution in [0.1, 0.15) is 59.9 Å². The summed E-state index contributed by atoms with van der Waals surface area (Å²) < 4.78 is 0. The second-order valence-corrected chi connectivity index (χ2v) is 10.1. The van der Waals surface area contributed by atoms with Gasteiger partial charge in [0.15, 0.2) is 0 Å². The molecule has 1 aliphatic carbocycles. The van der Waals surface area contributed by atoms with Crippen molar-refractivity contribution in [2.45, 2.75) is 77.4 Å². The van der Waals surface area contributed by atoms with Crippen molar-refractivity contribution in [2.75, 3.05) is 0 Å². The zero-order valence-corrected chi connectivity index (χ0v) is 21.6. The standard InChI is InChI=1S/C32H38N2O2/c1-24-16-18-26(19-17-24)20-21-31(35)34(23-28-13-7-6-10-25(28)2)30(22-27-11-4-3-5-12-27)32(36)33-29-14-8-9-15-29/h3-7,10-13,16-19,29-30H,8-9,14-15,20-23H2,1-2H3,(H,33,36)/t30-/m1/s1. The first-order chi connectivity index (χ1) is 17.5. The van der Waals surface area contributed by atoms with Gasteiger partial charge >= 0.3 is 0 Å². The van der Waals surface area contributed by atoms with E-state index in [-0.39, 0.29) is 17.9 Å². The first-order valence-corrected chi connectivity index (χ1v) is 13.2. The number of aryl methyl sites for hydroxylation is 3. The van der Waals surface area contributed by atoms with Crippen LogP contribution >= 0.6 is 0 Å². The minimum Gasteiger partial charge on any atom is -0.352 e. The van der Waals surface area contributed by atoms with Gasteiger partial charge in [0.1, 0.15) is 6.04 Å². The first kappa shape index (κ1) is 25.7. The summed E-state index contributed by atoms with van der Waals surface area (Å²) in [6.07, 6.45) is 5.86. The number of carbonyl (C=O) groups excluding carboxylic acids is 2. The lowest BCUT2D eigenvalue weighted by molar-refractivity contribution is -0.141. The Kier molecular flexibility index (Phi) is 8.94. The van der Waals surface area contributed by atoms with Crippen LogP contribution in [0.4, 0.5) is 0 Å². The molecule has 0 saturated heterocycles. The van der Waals surface area contributed by atoms with Crippen molar-refractivity contribution in [3.8, 4) is 0 Å². The quantitative estimate of drug-likeness (QED) is 0.389. The van der Waals surface area contributed by atoms with Gasteiger partial charge < -0.3 is 10.2 Å². The molecule has 0 aliphatic heterocycles. The Morgan fingerprint density at radius 2 is 1.53 bits per heavy atom. The molecule has 1 N–H and O–H groups in total. The Balaban J connectivity index is 1.61.